The standard InChI is InChI=1S/C13H24N4/c1-3-16-7-5-12(6-8-16)15-10-13-9-14-11-17(13)4-2/h9,11-12,15H,3-8,10H2,1-2H3. The molecule has 17 heavy (non-hydrogen) atoms. The van der Waals surface area contributed by atoms with Gasteiger partial charge in [0.1, 0.15) is 0 Å². The molecule has 0 bridgehead atoms. The van der Waals surface area contributed by atoms with E-state index in [0.717, 1.165) is 13.1 Å². The molecule has 0 saturated carbocycles. The van der Waals surface area contributed by atoms with Crippen LogP contribution in [0.2, 0.25) is 0 Å². The first kappa shape index (κ1) is 12.6. The van der Waals surface area contributed by atoms with Crippen molar-refractivity contribution in [1.29, 1.82) is 0 Å². The van der Waals surface area contributed by atoms with Gasteiger partial charge in [-0.25, -0.2) is 4.98 Å². The van der Waals surface area contributed by atoms with Gasteiger partial charge in [-0.05, 0) is 39.4 Å². The molecule has 96 valence electrons. The van der Waals surface area contributed by atoms with Crippen LogP contribution in [0.1, 0.15) is 32.4 Å². The Morgan fingerprint density at radius 2 is 2.06 bits per heavy atom. The maximum Gasteiger partial charge on any atom is 0.0948 e. The van der Waals surface area contributed by atoms with Gasteiger partial charge in [-0.3, -0.25) is 0 Å². The number of aryl methyl sites for hydroxylation is 1. The van der Waals surface area contributed by atoms with Crippen LogP contribution >= 0.6 is 0 Å². The fourth-order valence-corrected chi connectivity index (χ4v) is 2.48. The molecule has 1 saturated heterocycles. The smallest absolute Gasteiger partial charge is 0.0948 e. The summed E-state index contributed by atoms with van der Waals surface area (Å²) < 4.78 is 2.20. The molecule has 1 fully saturated rings. The zero-order chi connectivity index (χ0) is 12.1. The predicted octanol–water partition coefficient (Wildman–Crippen LogP) is 1.48. The van der Waals surface area contributed by atoms with Crippen LogP contribution in [0.15, 0.2) is 12.5 Å². The lowest BCUT2D eigenvalue weighted by Crippen LogP contribution is -2.42. The maximum atomic E-state index is 4.20. The van der Waals surface area contributed by atoms with Gasteiger partial charge in [0.05, 0.1) is 12.0 Å². The van der Waals surface area contributed by atoms with Crippen LogP contribution in [0.25, 0.3) is 0 Å². The SMILES string of the molecule is CCN1CCC(NCc2cncn2CC)CC1. The zero-order valence-corrected chi connectivity index (χ0v) is 11.0. The normalized spacial score (nSPS) is 18.7. The van der Waals surface area contributed by atoms with Crippen molar-refractivity contribution >= 4 is 0 Å². The molecule has 0 aromatic carbocycles. The Morgan fingerprint density at radius 3 is 2.71 bits per heavy atom. The summed E-state index contributed by atoms with van der Waals surface area (Å²) in [5.74, 6) is 0. The summed E-state index contributed by atoms with van der Waals surface area (Å²) in [5, 5.41) is 3.66. The molecule has 1 aromatic heterocycles. The number of hydrogen-bond acceptors (Lipinski definition) is 3. The van der Waals surface area contributed by atoms with Crippen molar-refractivity contribution in [2.24, 2.45) is 0 Å². The van der Waals surface area contributed by atoms with Crippen LogP contribution in [0.3, 0.4) is 0 Å². The lowest BCUT2D eigenvalue weighted by Gasteiger charge is -2.31. The van der Waals surface area contributed by atoms with Crippen LogP contribution in [-0.4, -0.2) is 40.1 Å². The Bertz CT molecular complexity index is 326. The molecule has 0 radical (unpaired) electrons. The first-order chi connectivity index (χ1) is 8.33. The van der Waals surface area contributed by atoms with E-state index in [-0.39, 0.29) is 0 Å². The van der Waals surface area contributed by atoms with E-state index in [1.54, 1.807) is 0 Å². The third-order valence-electron chi connectivity index (χ3n) is 3.75. The van der Waals surface area contributed by atoms with Gasteiger partial charge in [0.25, 0.3) is 0 Å². The average Bonchev–Trinajstić information content (AvgIpc) is 2.84. The number of rotatable bonds is 5. The van der Waals surface area contributed by atoms with Crippen molar-refractivity contribution in [2.75, 3.05) is 19.6 Å². The van der Waals surface area contributed by atoms with E-state index in [9.17, 15) is 0 Å². The summed E-state index contributed by atoms with van der Waals surface area (Å²) >= 11 is 0. The van der Waals surface area contributed by atoms with Gasteiger partial charge in [-0.2, -0.15) is 0 Å². The third-order valence-corrected chi connectivity index (χ3v) is 3.75. The Morgan fingerprint density at radius 1 is 1.29 bits per heavy atom. The largest absolute Gasteiger partial charge is 0.334 e. The summed E-state index contributed by atoms with van der Waals surface area (Å²) in [5.41, 5.74) is 1.30. The molecule has 1 aromatic rings. The van der Waals surface area contributed by atoms with E-state index in [2.05, 4.69) is 33.6 Å². The second-order valence-corrected chi connectivity index (χ2v) is 4.76. The van der Waals surface area contributed by atoms with Crippen molar-refractivity contribution in [3.8, 4) is 0 Å². The second kappa shape index (κ2) is 6.17. The van der Waals surface area contributed by atoms with Crippen molar-refractivity contribution in [1.82, 2.24) is 19.8 Å². The Balaban J connectivity index is 1.76. The molecule has 0 amide bonds. The molecule has 0 aliphatic carbocycles. The number of aromatic nitrogens is 2. The van der Waals surface area contributed by atoms with E-state index in [1.807, 2.05) is 12.5 Å². The van der Waals surface area contributed by atoms with E-state index in [1.165, 1.54) is 38.2 Å². The van der Waals surface area contributed by atoms with Gasteiger partial charge in [0.2, 0.25) is 0 Å². The number of nitrogens with zero attached hydrogens (tertiary/aromatic N) is 3. The molecule has 2 rings (SSSR count). The average molecular weight is 236 g/mol. The molecular formula is C13H24N4. The molecule has 0 atom stereocenters. The highest BCUT2D eigenvalue weighted by atomic mass is 15.1. The lowest BCUT2D eigenvalue weighted by molar-refractivity contribution is 0.205. The van der Waals surface area contributed by atoms with Gasteiger partial charge in [-0.1, -0.05) is 6.92 Å². The molecule has 2 heterocycles. The van der Waals surface area contributed by atoms with Gasteiger partial charge in [-0.15, -0.1) is 0 Å². The summed E-state index contributed by atoms with van der Waals surface area (Å²) in [6.45, 7) is 10.0. The molecule has 4 heteroatoms. The lowest BCUT2D eigenvalue weighted by atomic mass is 10.1. The molecule has 0 unspecified atom stereocenters. The molecular weight excluding hydrogens is 212 g/mol. The molecule has 1 aliphatic heterocycles. The summed E-state index contributed by atoms with van der Waals surface area (Å²) in [4.78, 5) is 6.72. The Kier molecular flexibility index (Phi) is 4.57. The fourth-order valence-electron chi connectivity index (χ4n) is 2.48. The van der Waals surface area contributed by atoms with Crippen molar-refractivity contribution in [3.63, 3.8) is 0 Å². The van der Waals surface area contributed by atoms with Crippen LogP contribution in [0, 0.1) is 0 Å². The minimum absolute atomic E-state index is 0.679. The van der Waals surface area contributed by atoms with Gasteiger partial charge in [0.15, 0.2) is 0 Å². The van der Waals surface area contributed by atoms with E-state index >= 15 is 0 Å². The van der Waals surface area contributed by atoms with Crippen molar-refractivity contribution in [2.45, 2.75) is 45.8 Å². The first-order valence-corrected chi connectivity index (χ1v) is 6.78. The Labute approximate surface area is 104 Å². The quantitative estimate of drug-likeness (QED) is 0.840. The first-order valence-electron chi connectivity index (χ1n) is 6.78. The van der Waals surface area contributed by atoms with Gasteiger partial charge in [0, 0.05) is 25.3 Å². The number of nitrogens with one attached hydrogen (secondary N) is 1. The monoisotopic (exact) mass is 236 g/mol. The molecule has 1 aliphatic rings. The second-order valence-electron chi connectivity index (χ2n) is 4.76. The van der Waals surface area contributed by atoms with E-state index < -0.39 is 0 Å². The van der Waals surface area contributed by atoms with E-state index in [0.29, 0.717) is 6.04 Å². The Hall–Kier alpha value is -0.870. The van der Waals surface area contributed by atoms with Gasteiger partial charge < -0.3 is 14.8 Å². The molecule has 4 nitrogen and oxygen atoms in total. The summed E-state index contributed by atoms with van der Waals surface area (Å²) in [6, 6.07) is 0.679. The minimum Gasteiger partial charge on any atom is -0.334 e. The highest BCUT2D eigenvalue weighted by Crippen LogP contribution is 2.10. The predicted molar refractivity (Wildman–Crippen MR) is 69.9 cm³/mol. The minimum atomic E-state index is 0.679. The van der Waals surface area contributed by atoms with Crippen LogP contribution in [0.5, 0.6) is 0 Å². The van der Waals surface area contributed by atoms with Crippen LogP contribution in [-0.2, 0) is 13.1 Å². The van der Waals surface area contributed by atoms with Crippen molar-refractivity contribution < 1.29 is 0 Å². The fraction of sp³-hybridized carbons (Fsp3) is 0.769. The zero-order valence-electron chi connectivity index (χ0n) is 11.0. The number of hydrogen-bond donors (Lipinski definition) is 1. The van der Waals surface area contributed by atoms with Crippen LogP contribution in [0.4, 0.5) is 0 Å². The highest BCUT2D eigenvalue weighted by molar-refractivity contribution is 4.98. The highest BCUT2D eigenvalue weighted by Gasteiger charge is 2.17. The molecule has 1 N–H and O–H groups in total. The molecule has 0 spiro atoms. The summed E-state index contributed by atoms with van der Waals surface area (Å²) in [6.07, 6.45) is 6.43. The summed E-state index contributed by atoms with van der Waals surface area (Å²) in [7, 11) is 0. The van der Waals surface area contributed by atoms with E-state index in [4.69, 9.17) is 0 Å². The van der Waals surface area contributed by atoms with Gasteiger partial charge >= 0.3 is 0 Å². The number of likely N-dealkylation sites (tertiary alicyclic amines) is 1. The third kappa shape index (κ3) is 3.30. The number of imidazole rings is 1. The van der Waals surface area contributed by atoms with Crippen LogP contribution < -0.4 is 5.32 Å². The number of piperidine rings is 1. The topological polar surface area (TPSA) is 33.1 Å². The van der Waals surface area contributed by atoms with Crippen molar-refractivity contribution in [3.05, 3.63) is 18.2 Å². The maximum absolute atomic E-state index is 4.20.